The van der Waals surface area contributed by atoms with Crippen LogP contribution in [0.1, 0.15) is 24.5 Å². The van der Waals surface area contributed by atoms with E-state index in [1.54, 1.807) is 0 Å². The van der Waals surface area contributed by atoms with Crippen molar-refractivity contribution in [2.45, 2.75) is 26.7 Å². The van der Waals surface area contributed by atoms with Crippen molar-refractivity contribution in [1.29, 1.82) is 0 Å². The van der Waals surface area contributed by atoms with Gasteiger partial charge in [0.25, 0.3) is 0 Å². The molecule has 0 bridgehead atoms. The summed E-state index contributed by atoms with van der Waals surface area (Å²) in [5, 5.41) is 0. The normalized spacial score (nSPS) is 10.6. The van der Waals surface area contributed by atoms with Gasteiger partial charge in [-0.05, 0) is 32.3 Å². The molecule has 0 saturated carbocycles. The summed E-state index contributed by atoms with van der Waals surface area (Å²) in [5.74, 6) is 0. The molecule has 0 nitrogen and oxygen atoms in total. The first-order valence-corrected chi connectivity index (χ1v) is 5.65. The third kappa shape index (κ3) is 4.79. The van der Waals surface area contributed by atoms with Crippen molar-refractivity contribution in [2.75, 3.05) is 0 Å². The van der Waals surface area contributed by atoms with Gasteiger partial charge < -0.3 is 0 Å². The van der Waals surface area contributed by atoms with Crippen LogP contribution in [0.5, 0.6) is 0 Å². The monoisotopic (exact) mass is 212 g/mol. The largest absolute Gasteiger partial charge is 0.0961 e. The fourth-order valence-electron chi connectivity index (χ4n) is 1.40. The molecule has 16 heavy (non-hydrogen) atoms. The van der Waals surface area contributed by atoms with Crippen molar-refractivity contribution < 1.29 is 0 Å². The molecule has 0 aromatic heterocycles. The minimum absolute atomic E-state index is 1.01. The molecule has 0 aliphatic rings. The van der Waals surface area contributed by atoms with E-state index in [2.05, 4.69) is 50.4 Å². The van der Waals surface area contributed by atoms with Gasteiger partial charge >= 0.3 is 0 Å². The average Bonchev–Trinajstić information content (AvgIpc) is 2.25. The third-order valence-electron chi connectivity index (χ3n) is 2.46. The summed E-state index contributed by atoms with van der Waals surface area (Å²) in [6.07, 6.45) is 6.13. The second-order valence-electron chi connectivity index (χ2n) is 4.32. The van der Waals surface area contributed by atoms with E-state index in [1.165, 1.54) is 11.1 Å². The number of allylic oxidation sites excluding steroid dienone is 4. The Bertz CT molecular complexity index is 391. The van der Waals surface area contributed by atoms with E-state index >= 15 is 0 Å². The summed E-state index contributed by atoms with van der Waals surface area (Å²) < 4.78 is 0. The lowest BCUT2D eigenvalue weighted by atomic mass is 10.0. The van der Waals surface area contributed by atoms with Crippen LogP contribution in [0.2, 0.25) is 0 Å². The van der Waals surface area contributed by atoms with Crippen molar-refractivity contribution in [3.63, 3.8) is 0 Å². The molecule has 0 heterocycles. The lowest BCUT2D eigenvalue weighted by molar-refractivity contribution is 0.968. The minimum Gasteiger partial charge on any atom is -0.0961 e. The van der Waals surface area contributed by atoms with Crippen LogP contribution in [0.4, 0.5) is 0 Å². The first kappa shape index (κ1) is 12.5. The molecule has 0 N–H and O–H groups in total. The summed E-state index contributed by atoms with van der Waals surface area (Å²) in [6, 6.07) is 8.68. The lowest BCUT2D eigenvalue weighted by Crippen LogP contribution is -1.86. The van der Waals surface area contributed by atoms with Crippen LogP contribution in [-0.2, 0) is 6.42 Å². The summed E-state index contributed by atoms with van der Waals surface area (Å²) in [5.41, 5.74) is 4.90. The number of aryl methyl sites for hydroxylation is 2. The van der Waals surface area contributed by atoms with E-state index in [0.717, 1.165) is 24.0 Å². The van der Waals surface area contributed by atoms with Crippen LogP contribution in [0, 0.1) is 6.92 Å². The summed E-state index contributed by atoms with van der Waals surface area (Å²) in [6.45, 7) is 12.0. The number of hydrogen-bond acceptors (Lipinski definition) is 0. The van der Waals surface area contributed by atoms with Gasteiger partial charge in [-0.2, -0.15) is 0 Å². The number of rotatable bonds is 5. The van der Waals surface area contributed by atoms with Gasteiger partial charge in [-0.1, -0.05) is 66.3 Å². The number of hydrogen-bond donors (Lipinski definition) is 0. The predicted molar refractivity (Wildman–Crippen MR) is 72.6 cm³/mol. The van der Waals surface area contributed by atoms with Gasteiger partial charge in [-0.25, -0.2) is 0 Å². The standard InChI is InChI=1S/C16H20/c1-13(2)5-6-14(3)7-10-16-11-8-15(4)9-12-16/h5-6,8-9,11-12H,1,3,7,10H2,2,4H3/b6-5-. The van der Waals surface area contributed by atoms with E-state index < -0.39 is 0 Å². The Hall–Kier alpha value is -1.56. The molecule has 1 aromatic carbocycles. The highest BCUT2D eigenvalue weighted by molar-refractivity contribution is 5.26. The van der Waals surface area contributed by atoms with Crippen LogP contribution >= 0.6 is 0 Å². The molecular formula is C16H20. The zero-order valence-corrected chi connectivity index (χ0v) is 10.3. The second kappa shape index (κ2) is 6.12. The summed E-state index contributed by atoms with van der Waals surface area (Å²) in [4.78, 5) is 0. The molecule has 0 aliphatic carbocycles. The zero-order valence-electron chi connectivity index (χ0n) is 10.3. The molecule has 0 atom stereocenters. The smallest absolute Gasteiger partial charge is 0.0238 e. The summed E-state index contributed by atoms with van der Waals surface area (Å²) in [7, 11) is 0. The Morgan fingerprint density at radius 3 is 2.31 bits per heavy atom. The Morgan fingerprint density at radius 1 is 1.12 bits per heavy atom. The first-order chi connectivity index (χ1) is 7.58. The van der Waals surface area contributed by atoms with Gasteiger partial charge in [0.05, 0.1) is 0 Å². The molecule has 1 aromatic rings. The van der Waals surface area contributed by atoms with Crippen molar-refractivity contribution in [3.8, 4) is 0 Å². The first-order valence-electron chi connectivity index (χ1n) is 5.65. The molecule has 0 unspecified atom stereocenters. The van der Waals surface area contributed by atoms with Crippen LogP contribution in [0.25, 0.3) is 0 Å². The average molecular weight is 212 g/mol. The van der Waals surface area contributed by atoms with Crippen molar-refractivity contribution >= 4 is 0 Å². The molecule has 0 spiro atoms. The van der Waals surface area contributed by atoms with Crippen molar-refractivity contribution in [1.82, 2.24) is 0 Å². The second-order valence-corrected chi connectivity index (χ2v) is 4.32. The molecule has 0 aliphatic heterocycles. The molecule has 0 amide bonds. The van der Waals surface area contributed by atoms with E-state index in [9.17, 15) is 0 Å². The van der Waals surface area contributed by atoms with Gasteiger partial charge in [0.1, 0.15) is 0 Å². The maximum absolute atomic E-state index is 4.03. The van der Waals surface area contributed by atoms with Gasteiger partial charge in [0.2, 0.25) is 0 Å². The molecule has 1 rings (SSSR count). The quantitative estimate of drug-likeness (QED) is 0.625. The highest BCUT2D eigenvalue weighted by atomic mass is 14.0. The van der Waals surface area contributed by atoms with Crippen molar-refractivity contribution in [2.24, 2.45) is 0 Å². The fraction of sp³-hybridized carbons (Fsp3) is 0.250. The molecule has 0 radical (unpaired) electrons. The van der Waals surface area contributed by atoms with Gasteiger partial charge in [0, 0.05) is 0 Å². The van der Waals surface area contributed by atoms with Gasteiger partial charge in [0.15, 0.2) is 0 Å². The van der Waals surface area contributed by atoms with E-state index in [1.807, 2.05) is 13.0 Å². The minimum atomic E-state index is 1.01. The Balaban J connectivity index is 2.43. The molecule has 0 saturated heterocycles. The van der Waals surface area contributed by atoms with E-state index in [-0.39, 0.29) is 0 Å². The van der Waals surface area contributed by atoms with Gasteiger partial charge in [-0.15, -0.1) is 0 Å². The highest BCUT2D eigenvalue weighted by Crippen LogP contribution is 2.10. The van der Waals surface area contributed by atoms with Crippen molar-refractivity contribution in [3.05, 3.63) is 71.8 Å². The highest BCUT2D eigenvalue weighted by Gasteiger charge is 1.94. The van der Waals surface area contributed by atoms with E-state index in [4.69, 9.17) is 0 Å². The topological polar surface area (TPSA) is 0 Å². The molecule has 0 fully saturated rings. The fourth-order valence-corrected chi connectivity index (χ4v) is 1.40. The Morgan fingerprint density at radius 2 is 1.75 bits per heavy atom. The lowest BCUT2D eigenvalue weighted by Gasteiger charge is -2.02. The molecule has 0 heteroatoms. The zero-order chi connectivity index (χ0) is 12.0. The van der Waals surface area contributed by atoms with Gasteiger partial charge in [-0.3, -0.25) is 0 Å². The van der Waals surface area contributed by atoms with E-state index in [0.29, 0.717) is 0 Å². The number of benzene rings is 1. The van der Waals surface area contributed by atoms with Crippen LogP contribution in [0.15, 0.2) is 60.7 Å². The molecule has 84 valence electrons. The third-order valence-corrected chi connectivity index (χ3v) is 2.46. The summed E-state index contributed by atoms with van der Waals surface area (Å²) >= 11 is 0. The molecular weight excluding hydrogens is 192 g/mol. The SMILES string of the molecule is C=C(C)/C=C\C(=C)CCc1ccc(C)cc1. The van der Waals surface area contributed by atoms with Crippen LogP contribution in [-0.4, -0.2) is 0 Å². The maximum atomic E-state index is 4.03. The van der Waals surface area contributed by atoms with Crippen LogP contribution < -0.4 is 0 Å². The van der Waals surface area contributed by atoms with Crippen LogP contribution in [0.3, 0.4) is 0 Å². The maximum Gasteiger partial charge on any atom is -0.0238 e. The predicted octanol–water partition coefficient (Wildman–Crippen LogP) is 4.62. The Kier molecular flexibility index (Phi) is 4.78. The Labute approximate surface area is 99.0 Å².